The molecule has 3 rings (SSSR count). The van der Waals surface area contributed by atoms with Crippen molar-refractivity contribution in [3.05, 3.63) is 34.9 Å². The number of fused-ring (bicyclic) bond motifs is 1. The summed E-state index contributed by atoms with van der Waals surface area (Å²) in [4.78, 5) is 0. The van der Waals surface area contributed by atoms with E-state index < -0.39 is 0 Å². The molecule has 1 fully saturated rings. The van der Waals surface area contributed by atoms with Crippen LogP contribution in [0, 0.1) is 11.8 Å². The Morgan fingerprint density at radius 1 is 1.11 bits per heavy atom. The van der Waals surface area contributed by atoms with Crippen molar-refractivity contribution in [2.45, 2.75) is 51.5 Å². The minimum Gasteiger partial charge on any atom is -0.313 e. The summed E-state index contributed by atoms with van der Waals surface area (Å²) < 4.78 is 0. The van der Waals surface area contributed by atoms with Gasteiger partial charge in [-0.1, -0.05) is 25.1 Å². The summed E-state index contributed by atoms with van der Waals surface area (Å²) >= 11 is 0. The van der Waals surface area contributed by atoms with Gasteiger partial charge in [0.25, 0.3) is 0 Å². The van der Waals surface area contributed by atoms with Gasteiger partial charge in [0, 0.05) is 6.04 Å². The molecule has 0 amide bonds. The molecule has 0 heterocycles. The van der Waals surface area contributed by atoms with Gasteiger partial charge in [0.15, 0.2) is 0 Å². The summed E-state index contributed by atoms with van der Waals surface area (Å²) in [5.74, 6) is 1.73. The van der Waals surface area contributed by atoms with Gasteiger partial charge in [-0.15, -0.1) is 0 Å². The molecule has 2 aliphatic rings. The van der Waals surface area contributed by atoms with Crippen molar-refractivity contribution in [2.75, 3.05) is 7.05 Å². The number of hydrogen-bond acceptors (Lipinski definition) is 1. The van der Waals surface area contributed by atoms with Crippen molar-refractivity contribution in [3.8, 4) is 0 Å². The van der Waals surface area contributed by atoms with Crippen molar-refractivity contribution in [3.63, 3.8) is 0 Å². The Morgan fingerprint density at radius 3 is 2.50 bits per heavy atom. The van der Waals surface area contributed by atoms with Crippen LogP contribution in [0.15, 0.2) is 18.2 Å². The van der Waals surface area contributed by atoms with Crippen molar-refractivity contribution >= 4 is 0 Å². The van der Waals surface area contributed by atoms with E-state index in [2.05, 4.69) is 37.5 Å². The summed E-state index contributed by atoms with van der Waals surface area (Å²) in [6, 6.07) is 7.77. The molecule has 18 heavy (non-hydrogen) atoms. The first-order valence-corrected chi connectivity index (χ1v) is 7.58. The lowest BCUT2D eigenvalue weighted by Crippen LogP contribution is -2.25. The summed E-state index contributed by atoms with van der Waals surface area (Å²) in [6.07, 6.45) is 8.20. The van der Waals surface area contributed by atoms with Gasteiger partial charge in [0.1, 0.15) is 0 Å². The zero-order valence-electron chi connectivity index (χ0n) is 11.7. The van der Waals surface area contributed by atoms with E-state index >= 15 is 0 Å². The number of nitrogens with one attached hydrogen (secondary N) is 1. The first kappa shape index (κ1) is 12.2. The minimum atomic E-state index is 0.546. The van der Waals surface area contributed by atoms with Crippen LogP contribution < -0.4 is 5.32 Å². The van der Waals surface area contributed by atoms with Gasteiger partial charge in [0.05, 0.1) is 0 Å². The Hall–Kier alpha value is -0.820. The molecule has 1 aromatic carbocycles. The van der Waals surface area contributed by atoms with Crippen LogP contribution >= 0.6 is 0 Å². The molecule has 2 atom stereocenters. The van der Waals surface area contributed by atoms with E-state index in [9.17, 15) is 0 Å². The van der Waals surface area contributed by atoms with Crippen LogP contribution in [-0.4, -0.2) is 7.05 Å². The summed E-state index contributed by atoms with van der Waals surface area (Å²) in [7, 11) is 2.11. The van der Waals surface area contributed by atoms with Crippen LogP contribution in [0.25, 0.3) is 0 Å². The van der Waals surface area contributed by atoms with Gasteiger partial charge in [-0.25, -0.2) is 0 Å². The maximum atomic E-state index is 3.55. The third kappa shape index (κ3) is 2.33. The predicted octanol–water partition coefficient (Wildman–Crippen LogP) is 3.87. The van der Waals surface area contributed by atoms with Crippen LogP contribution in [0.3, 0.4) is 0 Å². The van der Waals surface area contributed by atoms with Crippen molar-refractivity contribution in [1.29, 1.82) is 0 Å². The minimum absolute atomic E-state index is 0.546. The van der Waals surface area contributed by atoms with Crippen molar-refractivity contribution < 1.29 is 0 Å². The highest BCUT2D eigenvalue weighted by Gasteiger charge is 2.33. The summed E-state index contributed by atoms with van der Waals surface area (Å²) in [5.41, 5.74) is 4.72. The van der Waals surface area contributed by atoms with E-state index in [-0.39, 0.29) is 0 Å². The van der Waals surface area contributed by atoms with Crippen LogP contribution in [0.5, 0.6) is 0 Å². The van der Waals surface area contributed by atoms with Gasteiger partial charge >= 0.3 is 0 Å². The molecule has 0 spiro atoms. The number of benzene rings is 1. The van der Waals surface area contributed by atoms with Crippen molar-refractivity contribution in [2.24, 2.45) is 11.8 Å². The van der Waals surface area contributed by atoms with Crippen LogP contribution in [-0.2, 0) is 12.8 Å². The van der Waals surface area contributed by atoms with Gasteiger partial charge in [-0.3, -0.25) is 0 Å². The quantitative estimate of drug-likeness (QED) is 0.846. The first-order valence-electron chi connectivity index (χ1n) is 7.58. The van der Waals surface area contributed by atoms with Crippen LogP contribution in [0.1, 0.15) is 55.3 Å². The Bertz CT molecular complexity index is 420. The molecular weight excluding hydrogens is 218 g/mol. The highest BCUT2D eigenvalue weighted by atomic mass is 14.9. The molecule has 2 unspecified atom stereocenters. The van der Waals surface area contributed by atoms with Gasteiger partial charge in [0.2, 0.25) is 0 Å². The van der Waals surface area contributed by atoms with E-state index in [1.807, 2.05) is 0 Å². The molecule has 98 valence electrons. The lowest BCUT2D eigenvalue weighted by atomic mass is 9.85. The molecular formula is C17H25N. The Balaban J connectivity index is 1.85. The lowest BCUT2D eigenvalue weighted by molar-refractivity contribution is 0.368. The van der Waals surface area contributed by atoms with E-state index in [1.54, 1.807) is 11.1 Å². The lowest BCUT2D eigenvalue weighted by Gasteiger charge is -2.26. The summed E-state index contributed by atoms with van der Waals surface area (Å²) in [6.45, 7) is 2.41. The number of hydrogen-bond donors (Lipinski definition) is 1. The first-order chi connectivity index (χ1) is 8.79. The van der Waals surface area contributed by atoms with Gasteiger partial charge in [-0.2, -0.15) is 0 Å². The Labute approximate surface area is 111 Å². The van der Waals surface area contributed by atoms with E-state index in [4.69, 9.17) is 0 Å². The predicted molar refractivity (Wildman–Crippen MR) is 76.8 cm³/mol. The standard InChI is InChI=1S/C17H25N/c1-12(13-7-8-13)17(18-2)16-10-9-14-5-3-4-6-15(14)11-16/h9-13,17-18H,3-8H2,1-2H3. The van der Waals surface area contributed by atoms with E-state index in [1.165, 1.54) is 44.1 Å². The molecule has 0 aromatic heterocycles. The third-order valence-electron chi connectivity index (χ3n) is 4.93. The maximum Gasteiger partial charge on any atom is 0.0346 e. The van der Waals surface area contributed by atoms with Gasteiger partial charge < -0.3 is 5.32 Å². The zero-order chi connectivity index (χ0) is 12.5. The second-order valence-corrected chi connectivity index (χ2v) is 6.20. The molecule has 2 aliphatic carbocycles. The molecule has 1 aromatic rings. The number of aryl methyl sites for hydroxylation is 2. The fraction of sp³-hybridized carbons (Fsp3) is 0.647. The molecule has 1 nitrogen and oxygen atoms in total. The fourth-order valence-electron chi connectivity index (χ4n) is 3.57. The molecule has 0 radical (unpaired) electrons. The van der Waals surface area contributed by atoms with Crippen LogP contribution in [0.2, 0.25) is 0 Å². The molecule has 1 heteroatoms. The average Bonchev–Trinajstić information content (AvgIpc) is 3.23. The summed E-state index contributed by atoms with van der Waals surface area (Å²) in [5, 5.41) is 3.55. The molecule has 1 N–H and O–H groups in total. The third-order valence-corrected chi connectivity index (χ3v) is 4.93. The zero-order valence-corrected chi connectivity index (χ0v) is 11.7. The monoisotopic (exact) mass is 243 g/mol. The SMILES string of the molecule is CNC(c1ccc2c(c1)CCCC2)C(C)C1CC1. The second-order valence-electron chi connectivity index (χ2n) is 6.20. The van der Waals surface area contributed by atoms with Crippen LogP contribution in [0.4, 0.5) is 0 Å². The van der Waals surface area contributed by atoms with Crippen molar-refractivity contribution in [1.82, 2.24) is 5.32 Å². The smallest absolute Gasteiger partial charge is 0.0346 e. The fourth-order valence-corrected chi connectivity index (χ4v) is 3.57. The molecule has 0 bridgehead atoms. The van der Waals surface area contributed by atoms with E-state index in [0.29, 0.717) is 6.04 Å². The highest BCUT2D eigenvalue weighted by molar-refractivity contribution is 5.35. The Kier molecular flexibility index (Phi) is 3.43. The van der Waals surface area contributed by atoms with Gasteiger partial charge in [-0.05, 0) is 74.1 Å². The second kappa shape index (κ2) is 5.05. The topological polar surface area (TPSA) is 12.0 Å². The maximum absolute atomic E-state index is 3.55. The normalized spacial score (nSPS) is 22.3. The molecule has 0 saturated heterocycles. The van der Waals surface area contributed by atoms with E-state index in [0.717, 1.165) is 11.8 Å². The Morgan fingerprint density at radius 2 is 1.83 bits per heavy atom. The number of rotatable bonds is 4. The molecule has 1 saturated carbocycles. The molecule has 0 aliphatic heterocycles. The average molecular weight is 243 g/mol. The largest absolute Gasteiger partial charge is 0.313 e. The highest BCUT2D eigenvalue weighted by Crippen LogP contribution is 2.42.